The van der Waals surface area contributed by atoms with E-state index >= 15 is 0 Å². The van der Waals surface area contributed by atoms with Gasteiger partial charge in [0, 0.05) is 19.1 Å². The third kappa shape index (κ3) is 3.66. The van der Waals surface area contributed by atoms with Crippen LogP contribution in [0.15, 0.2) is 24.3 Å². The number of halogens is 3. The molecule has 0 spiro atoms. The highest BCUT2D eigenvalue weighted by Gasteiger charge is 2.34. The number of benzene rings is 1. The van der Waals surface area contributed by atoms with Crippen molar-refractivity contribution in [1.82, 2.24) is 9.80 Å². The van der Waals surface area contributed by atoms with Gasteiger partial charge in [0.25, 0.3) is 0 Å². The monoisotopic (exact) mass is 301 g/mol. The maximum atomic E-state index is 12.9. The van der Waals surface area contributed by atoms with Crippen LogP contribution in [0.1, 0.15) is 12.0 Å². The Morgan fingerprint density at radius 2 is 2.00 bits per heavy atom. The normalized spacial score (nSPS) is 19.1. The van der Waals surface area contributed by atoms with Gasteiger partial charge >= 0.3 is 12.2 Å². The highest BCUT2D eigenvalue weighted by molar-refractivity contribution is 5.90. The van der Waals surface area contributed by atoms with Gasteiger partial charge in [-0.2, -0.15) is 13.2 Å². The lowest BCUT2D eigenvalue weighted by molar-refractivity contribution is -0.136. The number of nitrogens with one attached hydrogen (secondary N) is 1. The van der Waals surface area contributed by atoms with Crippen LogP contribution in [0.3, 0.4) is 0 Å². The molecule has 1 aromatic rings. The van der Waals surface area contributed by atoms with E-state index in [-0.39, 0.29) is 11.7 Å². The summed E-state index contributed by atoms with van der Waals surface area (Å²) in [4.78, 5) is 15.6. The Hall–Kier alpha value is -1.76. The number of likely N-dealkylation sites (N-methyl/N-ethyl adjacent to an activating group) is 1. The van der Waals surface area contributed by atoms with Crippen molar-refractivity contribution in [3.05, 3.63) is 29.8 Å². The molecular formula is C14H18F3N3O. The number of nitrogens with zero attached hydrogens (tertiary/aromatic N) is 2. The van der Waals surface area contributed by atoms with Crippen molar-refractivity contribution in [2.45, 2.75) is 18.6 Å². The van der Waals surface area contributed by atoms with Crippen molar-refractivity contribution < 1.29 is 18.0 Å². The second-order valence-electron chi connectivity index (χ2n) is 5.33. The maximum absolute atomic E-state index is 12.9. The summed E-state index contributed by atoms with van der Waals surface area (Å²) in [5.41, 5.74) is -1.04. The van der Waals surface area contributed by atoms with Gasteiger partial charge < -0.3 is 15.1 Å². The number of carbonyl (C=O) groups is 1. The number of likely N-dealkylation sites (tertiary alicyclic amines) is 1. The van der Waals surface area contributed by atoms with Crippen LogP contribution in [-0.2, 0) is 6.18 Å². The molecular weight excluding hydrogens is 283 g/mol. The van der Waals surface area contributed by atoms with Gasteiger partial charge in [-0.3, -0.25) is 0 Å². The largest absolute Gasteiger partial charge is 0.418 e. The average Bonchev–Trinajstić information content (AvgIpc) is 2.88. The molecule has 2 amide bonds. The number of carbonyl (C=O) groups excluding carboxylic acids is 1. The minimum Gasteiger partial charge on any atom is -0.323 e. The molecule has 0 aliphatic carbocycles. The van der Waals surface area contributed by atoms with Gasteiger partial charge in [0.2, 0.25) is 0 Å². The van der Waals surface area contributed by atoms with E-state index in [9.17, 15) is 18.0 Å². The highest BCUT2D eigenvalue weighted by Crippen LogP contribution is 2.34. The number of hydrogen-bond acceptors (Lipinski definition) is 2. The predicted molar refractivity (Wildman–Crippen MR) is 74.1 cm³/mol. The molecule has 4 nitrogen and oxygen atoms in total. The average molecular weight is 301 g/mol. The zero-order valence-electron chi connectivity index (χ0n) is 11.9. The summed E-state index contributed by atoms with van der Waals surface area (Å²) in [6, 6.07) is 4.75. The van der Waals surface area contributed by atoms with Crippen molar-refractivity contribution in [2.75, 3.05) is 32.5 Å². The fraction of sp³-hybridized carbons (Fsp3) is 0.500. The Bertz CT molecular complexity index is 516. The lowest BCUT2D eigenvalue weighted by Gasteiger charge is -2.21. The zero-order valence-corrected chi connectivity index (χ0v) is 11.9. The van der Waals surface area contributed by atoms with E-state index in [1.807, 2.05) is 19.0 Å². The number of amides is 2. The molecule has 0 unspecified atom stereocenters. The summed E-state index contributed by atoms with van der Waals surface area (Å²) in [6.45, 7) is 1.07. The Morgan fingerprint density at radius 3 is 2.57 bits per heavy atom. The summed E-state index contributed by atoms with van der Waals surface area (Å²) in [5, 5.41) is 2.37. The molecule has 1 fully saturated rings. The summed E-state index contributed by atoms with van der Waals surface area (Å²) >= 11 is 0. The molecule has 1 aliphatic rings. The predicted octanol–water partition coefficient (Wildman–Crippen LogP) is 2.87. The maximum Gasteiger partial charge on any atom is 0.418 e. The first-order valence-electron chi connectivity index (χ1n) is 6.67. The van der Waals surface area contributed by atoms with Crippen molar-refractivity contribution in [3.63, 3.8) is 0 Å². The number of hydrogen-bond donors (Lipinski definition) is 1. The third-order valence-electron chi connectivity index (χ3n) is 3.65. The lowest BCUT2D eigenvalue weighted by Crippen LogP contribution is -2.37. The van der Waals surface area contributed by atoms with Crippen molar-refractivity contribution in [2.24, 2.45) is 0 Å². The minimum atomic E-state index is -4.49. The summed E-state index contributed by atoms with van der Waals surface area (Å²) in [5.74, 6) is 0. The van der Waals surface area contributed by atoms with E-state index in [4.69, 9.17) is 0 Å². The van der Waals surface area contributed by atoms with Crippen LogP contribution in [0.5, 0.6) is 0 Å². The van der Waals surface area contributed by atoms with Gasteiger partial charge in [-0.1, -0.05) is 12.1 Å². The molecule has 1 N–H and O–H groups in total. The molecule has 1 aliphatic heterocycles. The number of rotatable bonds is 2. The standard InChI is InChI=1S/C14H18F3N3O/c1-19(2)10-7-8-20(9-10)13(21)18-12-6-4-3-5-11(12)14(15,16)17/h3-6,10H,7-9H2,1-2H3,(H,18,21)/t10-/m1/s1. The molecule has 1 heterocycles. The van der Waals surface area contributed by atoms with E-state index in [2.05, 4.69) is 5.32 Å². The van der Waals surface area contributed by atoms with Crippen molar-refractivity contribution in [1.29, 1.82) is 0 Å². The van der Waals surface area contributed by atoms with Gasteiger partial charge in [0.15, 0.2) is 0 Å². The van der Waals surface area contributed by atoms with Crippen LogP contribution in [0.2, 0.25) is 0 Å². The molecule has 1 atom stereocenters. The van der Waals surface area contributed by atoms with Crippen LogP contribution in [0.25, 0.3) is 0 Å². The van der Waals surface area contributed by atoms with E-state index in [1.165, 1.54) is 23.1 Å². The fourth-order valence-electron chi connectivity index (χ4n) is 2.38. The lowest BCUT2D eigenvalue weighted by atomic mass is 10.1. The first-order chi connectivity index (χ1) is 9.79. The Kier molecular flexibility index (Phi) is 4.41. The van der Waals surface area contributed by atoms with Crippen molar-refractivity contribution in [3.8, 4) is 0 Å². The first-order valence-corrected chi connectivity index (χ1v) is 6.67. The molecule has 1 aromatic carbocycles. The fourth-order valence-corrected chi connectivity index (χ4v) is 2.38. The number of anilines is 1. The Morgan fingerprint density at radius 1 is 1.33 bits per heavy atom. The van der Waals surface area contributed by atoms with Crippen LogP contribution in [0.4, 0.5) is 23.7 Å². The Labute approximate surface area is 121 Å². The quantitative estimate of drug-likeness (QED) is 0.911. The molecule has 0 bridgehead atoms. The topological polar surface area (TPSA) is 35.6 Å². The summed E-state index contributed by atoms with van der Waals surface area (Å²) in [6.07, 6.45) is -3.66. The van der Waals surface area contributed by atoms with Gasteiger partial charge in [-0.25, -0.2) is 4.79 Å². The van der Waals surface area contributed by atoms with Crippen molar-refractivity contribution >= 4 is 11.7 Å². The van der Waals surface area contributed by atoms with Crippen LogP contribution in [0, 0.1) is 0 Å². The first kappa shape index (κ1) is 15.6. The van der Waals surface area contributed by atoms with E-state index in [0.717, 1.165) is 12.5 Å². The third-order valence-corrected chi connectivity index (χ3v) is 3.65. The highest BCUT2D eigenvalue weighted by atomic mass is 19.4. The van der Waals surface area contributed by atoms with Crippen LogP contribution >= 0.6 is 0 Å². The number of urea groups is 1. The molecule has 0 radical (unpaired) electrons. The molecule has 7 heteroatoms. The van der Waals surface area contributed by atoms with E-state index < -0.39 is 17.8 Å². The van der Waals surface area contributed by atoms with Gasteiger partial charge in [-0.15, -0.1) is 0 Å². The molecule has 0 saturated carbocycles. The Balaban J connectivity index is 2.08. The summed E-state index contributed by atoms with van der Waals surface area (Å²) < 4.78 is 38.6. The smallest absolute Gasteiger partial charge is 0.323 e. The molecule has 2 rings (SSSR count). The number of alkyl halides is 3. The van der Waals surface area contributed by atoms with Gasteiger partial charge in [0.1, 0.15) is 0 Å². The zero-order chi connectivity index (χ0) is 15.6. The second-order valence-corrected chi connectivity index (χ2v) is 5.33. The number of para-hydroxylation sites is 1. The van der Waals surface area contributed by atoms with Gasteiger partial charge in [-0.05, 0) is 32.6 Å². The molecule has 116 valence electrons. The van der Waals surface area contributed by atoms with E-state index in [1.54, 1.807) is 0 Å². The minimum absolute atomic E-state index is 0.205. The molecule has 1 saturated heterocycles. The molecule has 21 heavy (non-hydrogen) atoms. The van der Waals surface area contributed by atoms with E-state index in [0.29, 0.717) is 13.1 Å². The van der Waals surface area contributed by atoms with Crippen LogP contribution in [-0.4, -0.2) is 49.1 Å². The van der Waals surface area contributed by atoms with Crippen LogP contribution < -0.4 is 5.32 Å². The summed E-state index contributed by atoms with van der Waals surface area (Å²) in [7, 11) is 3.84. The second kappa shape index (κ2) is 5.93. The molecule has 0 aromatic heterocycles. The SMILES string of the molecule is CN(C)[C@@H]1CCN(C(=O)Nc2ccccc2C(F)(F)F)C1. The van der Waals surface area contributed by atoms with Gasteiger partial charge in [0.05, 0.1) is 11.3 Å².